The molecule has 7 heteroatoms. The summed E-state index contributed by atoms with van der Waals surface area (Å²) >= 11 is 0. The Bertz CT molecular complexity index is 1130. The molecule has 0 saturated carbocycles. The second kappa shape index (κ2) is 8.20. The van der Waals surface area contributed by atoms with Gasteiger partial charge in [0.25, 0.3) is 5.91 Å². The summed E-state index contributed by atoms with van der Waals surface area (Å²) in [5.41, 5.74) is 0.969. The Morgan fingerprint density at radius 1 is 1.17 bits per heavy atom. The van der Waals surface area contributed by atoms with Gasteiger partial charge in [-0.2, -0.15) is 0 Å². The number of amides is 1. The molecule has 156 valence electrons. The van der Waals surface area contributed by atoms with Gasteiger partial charge in [-0.3, -0.25) is 4.79 Å². The molecular weight excluding hydrogens is 384 g/mol. The van der Waals surface area contributed by atoms with E-state index in [1.807, 2.05) is 19.1 Å². The van der Waals surface area contributed by atoms with Crippen LogP contribution in [0.4, 0.5) is 5.69 Å². The first kappa shape index (κ1) is 20.0. The van der Waals surface area contributed by atoms with Crippen LogP contribution in [-0.4, -0.2) is 42.2 Å². The van der Waals surface area contributed by atoms with E-state index in [0.717, 1.165) is 31.5 Å². The van der Waals surface area contributed by atoms with Crippen LogP contribution in [-0.2, 0) is 0 Å². The minimum atomic E-state index is -0.630. The third kappa shape index (κ3) is 4.16. The Labute approximate surface area is 173 Å². The third-order valence-electron chi connectivity index (χ3n) is 5.44. The molecule has 2 heterocycles. The zero-order valence-electron chi connectivity index (χ0n) is 17.0. The number of phenols is 1. The number of aromatic hydroxyl groups is 1. The molecule has 3 aromatic rings. The van der Waals surface area contributed by atoms with Gasteiger partial charge >= 0.3 is 5.63 Å². The quantitative estimate of drug-likeness (QED) is 0.642. The topological polar surface area (TPSA) is 92.0 Å². The van der Waals surface area contributed by atoms with Gasteiger partial charge in [-0.15, -0.1) is 0 Å². The number of aryl methyl sites for hydroxylation is 1. The maximum Gasteiger partial charge on any atom is 0.360 e. The second-order valence-electron chi connectivity index (χ2n) is 7.68. The number of carbonyl (C=O) groups is 1. The molecule has 0 aliphatic carbocycles. The fourth-order valence-corrected chi connectivity index (χ4v) is 3.61. The monoisotopic (exact) mass is 408 g/mol. The van der Waals surface area contributed by atoms with E-state index in [-0.39, 0.29) is 17.5 Å². The van der Waals surface area contributed by atoms with Crippen molar-refractivity contribution in [3.8, 4) is 11.5 Å². The largest absolute Gasteiger partial charge is 0.508 e. The third-order valence-corrected chi connectivity index (χ3v) is 5.44. The van der Waals surface area contributed by atoms with Crippen LogP contribution in [0.2, 0.25) is 0 Å². The van der Waals surface area contributed by atoms with E-state index in [1.165, 1.54) is 24.3 Å². The molecular formula is C23H24N2O5. The van der Waals surface area contributed by atoms with Crippen LogP contribution in [0.25, 0.3) is 11.0 Å². The number of nitrogens with one attached hydrogen (secondary N) is 1. The van der Waals surface area contributed by atoms with Gasteiger partial charge in [-0.1, -0.05) is 0 Å². The zero-order chi connectivity index (χ0) is 21.3. The smallest absolute Gasteiger partial charge is 0.360 e. The maximum atomic E-state index is 12.5. The predicted molar refractivity (Wildman–Crippen MR) is 114 cm³/mol. The van der Waals surface area contributed by atoms with E-state index < -0.39 is 11.5 Å². The maximum absolute atomic E-state index is 12.5. The number of piperidine rings is 1. The molecule has 1 saturated heterocycles. The highest BCUT2D eigenvalue weighted by Gasteiger charge is 2.20. The number of likely N-dealkylation sites (tertiary alicyclic amines) is 1. The lowest BCUT2D eigenvalue weighted by atomic mass is 10.1. The summed E-state index contributed by atoms with van der Waals surface area (Å²) in [5, 5.41) is 12.6. The summed E-state index contributed by atoms with van der Waals surface area (Å²) in [5.74, 6) is 0.312. The van der Waals surface area contributed by atoms with Gasteiger partial charge in [0.15, 0.2) is 0 Å². The molecule has 30 heavy (non-hydrogen) atoms. The van der Waals surface area contributed by atoms with Crippen molar-refractivity contribution in [3.63, 3.8) is 0 Å². The molecule has 0 radical (unpaired) electrons. The van der Waals surface area contributed by atoms with Crippen molar-refractivity contribution in [2.75, 3.05) is 25.5 Å². The van der Waals surface area contributed by atoms with E-state index in [2.05, 4.69) is 17.3 Å². The number of phenolic OH excluding ortho intramolecular Hbond substituents is 1. The van der Waals surface area contributed by atoms with Crippen molar-refractivity contribution in [3.05, 3.63) is 64.0 Å². The first-order chi connectivity index (χ1) is 14.4. The van der Waals surface area contributed by atoms with E-state index in [4.69, 9.17) is 9.15 Å². The summed E-state index contributed by atoms with van der Waals surface area (Å²) in [6.45, 7) is 3.86. The van der Waals surface area contributed by atoms with E-state index in [1.54, 1.807) is 6.07 Å². The van der Waals surface area contributed by atoms with Crippen LogP contribution in [0.3, 0.4) is 0 Å². The fourth-order valence-electron chi connectivity index (χ4n) is 3.61. The van der Waals surface area contributed by atoms with Gasteiger partial charge in [0.1, 0.15) is 28.9 Å². The highest BCUT2D eigenvalue weighted by Crippen LogP contribution is 2.30. The summed E-state index contributed by atoms with van der Waals surface area (Å²) < 4.78 is 11.7. The van der Waals surface area contributed by atoms with Crippen molar-refractivity contribution in [1.82, 2.24) is 4.90 Å². The van der Waals surface area contributed by atoms with Gasteiger partial charge in [0.2, 0.25) is 0 Å². The number of rotatable bonds is 4. The highest BCUT2D eigenvalue weighted by atomic mass is 16.5. The molecule has 1 aromatic heterocycles. The first-order valence-electron chi connectivity index (χ1n) is 9.94. The second-order valence-corrected chi connectivity index (χ2v) is 7.68. The van der Waals surface area contributed by atoms with Crippen LogP contribution in [0, 0.1) is 6.92 Å². The molecule has 0 bridgehead atoms. The molecule has 1 aliphatic heterocycles. The van der Waals surface area contributed by atoms with Crippen molar-refractivity contribution < 1.29 is 19.1 Å². The van der Waals surface area contributed by atoms with Crippen molar-refractivity contribution in [2.45, 2.75) is 25.9 Å². The Morgan fingerprint density at radius 2 is 1.87 bits per heavy atom. The zero-order valence-corrected chi connectivity index (χ0v) is 17.0. The lowest BCUT2D eigenvalue weighted by Crippen LogP contribution is -2.35. The Hall–Kier alpha value is -3.32. The van der Waals surface area contributed by atoms with Gasteiger partial charge in [-0.25, -0.2) is 4.79 Å². The molecule has 2 N–H and O–H groups in total. The number of fused-ring (bicyclic) bond motifs is 1. The van der Waals surface area contributed by atoms with E-state index in [0.29, 0.717) is 22.3 Å². The SMILES string of the molecule is Cc1c(OC2CCN(C)CC2)ccc2cc(NC(=O)c3ccc(O)cc3)c(=O)oc12. The number of anilines is 1. The summed E-state index contributed by atoms with van der Waals surface area (Å²) in [6.07, 6.45) is 2.06. The average molecular weight is 408 g/mol. The van der Waals surface area contributed by atoms with Gasteiger partial charge in [0, 0.05) is 29.6 Å². The summed E-state index contributed by atoms with van der Waals surface area (Å²) in [4.78, 5) is 27.1. The Kier molecular flexibility index (Phi) is 5.46. The standard InChI is InChI=1S/C23H24N2O5/c1-14-20(29-18-9-11-25(2)12-10-18)8-5-16-13-19(23(28)30-21(14)16)24-22(27)15-3-6-17(26)7-4-15/h3-8,13,18,26H,9-12H2,1-2H3,(H,24,27). The summed E-state index contributed by atoms with van der Waals surface area (Å²) in [7, 11) is 2.10. The molecule has 0 atom stereocenters. The minimum absolute atomic E-state index is 0.0592. The minimum Gasteiger partial charge on any atom is -0.508 e. The first-order valence-corrected chi connectivity index (χ1v) is 9.94. The Balaban J connectivity index is 1.57. The lowest BCUT2D eigenvalue weighted by molar-refractivity contribution is 0.102. The summed E-state index contributed by atoms with van der Waals surface area (Å²) in [6, 6.07) is 11.1. The van der Waals surface area contributed by atoms with Gasteiger partial charge < -0.3 is 24.5 Å². The molecule has 0 unspecified atom stereocenters. The van der Waals surface area contributed by atoms with Crippen molar-refractivity contribution in [2.24, 2.45) is 0 Å². The van der Waals surface area contributed by atoms with Gasteiger partial charge in [-0.05, 0) is 69.3 Å². The van der Waals surface area contributed by atoms with Crippen LogP contribution >= 0.6 is 0 Å². The fraction of sp³-hybridized carbons (Fsp3) is 0.304. The molecule has 2 aromatic carbocycles. The van der Waals surface area contributed by atoms with Crippen LogP contribution in [0.5, 0.6) is 11.5 Å². The number of ether oxygens (including phenoxy) is 1. The van der Waals surface area contributed by atoms with Crippen molar-refractivity contribution >= 4 is 22.6 Å². The van der Waals surface area contributed by atoms with Crippen LogP contribution < -0.4 is 15.7 Å². The molecule has 1 fully saturated rings. The molecule has 0 spiro atoms. The van der Waals surface area contributed by atoms with E-state index in [9.17, 15) is 14.7 Å². The molecule has 1 aliphatic rings. The Morgan fingerprint density at radius 3 is 2.57 bits per heavy atom. The van der Waals surface area contributed by atoms with Crippen LogP contribution in [0.15, 0.2) is 51.7 Å². The molecule has 4 rings (SSSR count). The molecule has 7 nitrogen and oxygen atoms in total. The number of hydrogen-bond acceptors (Lipinski definition) is 6. The number of benzene rings is 2. The van der Waals surface area contributed by atoms with E-state index >= 15 is 0 Å². The highest BCUT2D eigenvalue weighted by molar-refractivity contribution is 6.04. The lowest BCUT2D eigenvalue weighted by Gasteiger charge is -2.29. The van der Waals surface area contributed by atoms with Crippen molar-refractivity contribution in [1.29, 1.82) is 0 Å². The predicted octanol–water partition coefficient (Wildman–Crippen LogP) is 3.53. The number of hydrogen-bond donors (Lipinski definition) is 2. The molecule has 1 amide bonds. The number of carbonyl (C=O) groups excluding carboxylic acids is 1. The number of nitrogens with zero attached hydrogens (tertiary/aromatic N) is 1. The van der Waals surface area contributed by atoms with Crippen LogP contribution in [0.1, 0.15) is 28.8 Å². The van der Waals surface area contributed by atoms with Gasteiger partial charge in [0.05, 0.1) is 0 Å². The normalized spacial score (nSPS) is 15.3. The average Bonchev–Trinajstić information content (AvgIpc) is 2.73.